The van der Waals surface area contributed by atoms with Crippen LogP contribution in [0.2, 0.25) is 0 Å². The van der Waals surface area contributed by atoms with E-state index in [1.54, 1.807) is 0 Å². The molecule has 0 aliphatic heterocycles. The standard InChI is InChI=1S/C28H34F3N7O3/c29-28(30,31)19-7-8-20-22(10-13-35-24(20)16-19)36-27(41)23(9-6-18-4-2-1-3-5-18)37-26(40)21(34)17-25(39)38(14-11-32)15-12-33/h1-5,7-8,10,13,16,21,23H,6,9,11-12,14-15,17,32-34H2,(H,37,40)(H,35,36,41)/t21-,23-/m0/s1. The molecule has 1 aromatic heterocycles. The number of halogens is 3. The van der Waals surface area contributed by atoms with Gasteiger partial charge in [0.2, 0.25) is 17.7 Å². The van der Waals surface area contributed by atoms with Gasteiger partial charge < -0.3 is 32.7 Å². The van der Waals surface area contributed by atoms with E-state index in [9.17, 15) is 27.6 Å². The van der Waals surface area contributed by atoms with Gasteiger partial charge in [0.15, 0.2) is 0 Å². The predicted molar refractivity (Wildman–Crippen MR) is 149 cm³/mol. The van der Waals surface area contributed by atoms with Crippen molar-refractivity contribution in [1.82, 2.24) is 15.2 Å². The lowest BCUT2D eigenvalue weighted by atomic mass is 10.0. The Balaban J connectivity index is 1.78. The van der Waals surface area contributed by atoms with Crippen LogP contribution in [0.15, 0.2) is 60.8 Å². The fourth-order valence-corrected chi connectivity index (χ4v) is 4.24. The van der Waals surface area contributed by atoms with Crippen molar-refractivity contribution in [3.63, 3.8) is 0 Å². The van der Waals surface area contributed by atoms with Gasteiger partial charge in [0.05, 0.1) is 29.2 Å². The second kappa shape index (κ2) is 14.5. The Kier molecular flexibility index (Phi) is 11.1. The van der Waals surface area contributed by atoms with E-state index in [4.69, 9.17) is 17.2 Å². The number of aryl methyl sites for hydroxylation is 1. The van der Waals surface area contributed by atoms with Crippen molar-refractivity contribution in [2.45, 2.75) is 37.5 Å². The third kappa shape index (κ3) is 8.96. The van der Waals surface area contributed by atoms with Crippen LogP contribution in [0.3, 0.4) is 0 Å². The molecule has 2 aromatic carbocycles. The number of carbonyl (C=O) groups is 3. The second-order valence-electron chi connectivity index (χ2n) is 9.43. The Morgan fingerprint density at radius 1 is 0.951 bits per heavy atom. The molecule has 0 spiro atoms. The molecule has 2 atom stereocenters. The van der Waals surface area contributed by atoms with Crippen LogP contribution in [0, 0.1) is 0 Å². The molecule has 0 aliphatic carbocycles. The lowest BCUT2D eigenvalue weighted by Gasteiger charge is -2.24. The predicted octanol–water partition coefficient (Wildman–Crippen LogP) is 1.77. The molecule has 220 valence electrons. The number of pyridine rings is 1. The molecule has 8 N–H and O–H groups in total. The summed E-state index contributed by atoms with van der Waals surface area (Å²) >= 11 is 0. The first kappa shape index (κ1) is 31.5. The van der Waals surface area contributed by atoms with Crippen LogP contribution >= 0.6 is 0 Å². The lowest BCUT2D eigenvalue weighted by molar-refractivity contribution is -0.137. The smallest absolute Gasteiger partial charge is 0.343 e. The van der Waals surface area contributed by atoms with Crippen molar-refractivity contribution < 1.29 is 27.6 Å². The van der Waals surface area contributed by atoms with Gasteiger partial charge >= 0.3 is 6.18 Å². The van der Waals surface area contributed by atoms with E-state index in [1.807, 2.05) is 30.3 Å². The van der Waals surface area contributed by atoms with Gasteiger partial charge in [-0.15, -0.1) is 0 Å². The minimum Gasteiger partial charge on any atom is -0.343 e. The van der Waals surface area contributed by atoms with E-state index in [1.165, 1.54) is 23.2 Å². The fraction of sp³-hybridized carbons (Fsp3) is 0.357. The molecule has 10 nitrogen and oxygen atoms in total. The van der Waals surface area contributed by atoms with Crippen LogP contribution < -0.4 is 27.8 Å². The number of fused-ring (bicyclic) bond motifs is 1. The fourth-order valence-electron chi connectivity index (χ4n) is 4.24. The molecule has 0 unspecified atom stereocenters. The first-order valence-corrected chi connectivity index (χ1v) is 13.1. The number of benzene rings is 2. The lowest BCUT2D eigenvalue weighted by Crippen LogP contribution is -2.52. The highest BCUT2D eigenvalue weighted by atomic mass is 19.4. The summed E-state index contributed by atoms with van der Waals surface area (Å²) in [5.41, 5.74) is 17.5. The molecule has 0 bridgehead atoms. The van der Waals surface area contributed by atoms with Crippen LogP contribution in [0.1, 0.15) is 24.0 Å². The molecule has 3 aromatic rings. The maximum Gasteiger partial charge on any atom is 0.416 e. The minimum atomic E-state index is -4.55. The number of rotatable bonds is 13. The summed E-state index contributed by atoms with van der Waals surface area (Å²) in [7, 11) is 0. The van der Waals surface area contributed by atoms with E-state index >= 15 is 0 Å². The van der Waals surface area contributed by atoms with Gasteiger partial charge in [-0.25, -0.2) is 0 Å². The zero-order chi connectivity index (χ0) is 30.0. The van der Waals surface area contributed by atoms with E-state index in [2.05, 4.69) is 15.6 Å². The van der Waals surface area contributed by atoms with Gasteiger partial charge in [0, 0.05) is 37.8 Å². The summed E-state index contributed by atoms with van der Waals surface area (Å²) in [5.74, 6) is -1.70. The van der Waals surface area contributed by atoms with Crippen LogP contribution in [0.4, 0.5) is 18.9 Å². The van der Waals surface area contributed by atoms with Gasteiger partial charge in [-0.3, -0.25) is 19.4 Å². The van der Waals surface area contributed by atoms with Gasteiger partial charge in [0.25, 0.3) is 0 Å². The Morgan fingerprint density at radius 2 is 1.63 bits per heavy atom. The number of anilines is 1. The number of carbonyl (C=O) groups excluding carboxylic acids is 3. The molecule has 0 radical (unpaired) electrons. The molecule has 0 saturated heterocycles. The topological polar surface area (TPSA) is 169 Å². The number of amides is 3. The van der Waals surface area contributed by atoms with Crippen molar-refractivity contribution >= 4 is 34.3 Å². The van der Waals surface area contributed by atoms with Gasteiger partial charge in [-0.2, -0.15) is 13.2 Å². The number of nitrogens with zero attached hydrogens (tertiary/aromatic N) is 2. The normalized spacial score (nSPS) is 12.9. The number of hydrogen-bond acceptors (Lipinski definition) is 7. The van der Waals surface area contributed by atoms with E-state index < -0.39 is 41.5 Å². The van der Waals surface area contributed by atoms with Crippen molar-refractivity contribution in [2.24, 2.45) is 17.2 Å². The van der Waals surface area contributed by atoms with Crippen molar-refractivity contribution in [1.29, 1.82) is 0 Å². The minimum absolute atomic E-state index is 0.0440. The average Bonchev–Trinajstić information content (AvgIpc) is 2.94. The molecule has 0 aliphatic rings. The van der Waals surface area contributed by atoms with E-state index in [0.29, 0.717) is 11.8 Å². The van der Waals surface area contributed by atoms with E-state index in [-0.39, 0.29) is 50.2 Å². The summed E-state index contributed by atoms with van der Waals surface area (Å²) in [4.78, 5) is 44.4. The highest BCUT2D eigenvalue weighted by Gasteiger charge is 2.31. The molecule has 3 amide bonds. The van der Waals surface area contributed by atoms with Crippen molar-refractivity contribution in [3.05, 3.63) is 71.9 Å². The highest BCUT2D eigenvalue weighted by molar-refractivity contribution is 6.04. The maximum atomic E-state index is 13.4. The quantitative estimate of drug-likeness (QED) is 0.208. The summed E-state index contributed by atoms with van der Waals surface area (Å²) in [6, 6.07) is 11.5. The first-order chi connectivity index (χ1) is 19.5. The number of nitrogens with one attached hydrogen (secondary N) is 2. The third-order valence-electron chi connectivity index (χ3n) is 6.41. The van der Waals surface area contributed by atoms with Crippen molar-refractivity contribution in [2.75, 3.05) is 31.5 Å². The summed E-state index contributed by atoms with van der Waals surface area (Å²) in [5, 5.41) is 5.63. The molecule has 0 fully saturated rings. The van der Waals surface area contributed by atoms with Gasteiger partial charge in [-0.1, -0.05) is 36.4 Å². The van der Waals surface area contributed by atoms with Crippen LogP contribution in [-0.4, -0.2) is 65.9 Å². The Bertz CT molecular complexity index is 1330. The van der Waals surface area contributed by atoms with Crippen LogP contribution in [0.5, 0.6) is 0 Å². The summed E-state index contributed by atoms with van der Waals surface area (Å²) in [6.07, 6.45) is -2.95. The molecule has 0 saturated carbocycles. The molecular weight excluding hydrogens is 539 g/mol. The largest absolute Gasteiger partial charge is 0.416 e. The number of hydrogen-bond donors (Lipinski definition) is 5. The molecular formula is C28H34F3N7O3. The second-order valence-corrected chi connectivity index (χ2v) is 9.43. The van der Waals surface area contributed by atoms with Crippen LogP contribution in [0.25, 0.3) is 10.9 Å². The molecule has 3 rings (SSSR count). The van der Waals surface area contributed by atoms with Crippen molar-refractivity contribution in [3.8, 4) is 0 Å². The third-order valence-corrected chi connectivity index (χ3v) is 6.41. The molecule has 1 heterocycles. The zero-order valence-corrected chi connectivity index (χ0v) is 22.4. The number of alkyl halides is 3. The summed E-state index contributed by atoms with van der Waals surface area (Å²) < 4.78 is 39.5. The first-order valence-electron chi connectivity index (χ1n) is 13.1. The Labute approximate surface area is 235 Å². The summed E-state index contributed by atoms with van der Waals surface area (Å²) in [6.45, 7) is 0.958. The highest BCUT2D eigenvalue weighted by Crippen LogP contribution is 2.32. The monoisotopic (exact) mass is 573 g/mol. The molecule has 41 heavy (non-hydrogen) atoms. The molecule has 13 heteroatoms. The van der Waals surface area contributed by atoms with Gasteiger partial charge in [0.1, 0.15) is 6.04 Å². The average molecular weight is 574 g/mol. The van der Waals surface area contributed by atoms with E-state index in [0.717, 1.165) is 17.7 Å². The maximum absolute atomic E-state index is 13.4. The van der Waals surface area contributed by atoms with Crippen LogP contribution in [-0.2, 0) is 27.0 Å². The number of nitrogens with two attached hydrogens (primary N) is 3. The SMILES string of the molecule is NCCN(CCN)C(=O)C[C@H](N)C(=O)N[C@@H](CCc1ccccc1)C(=O)Nc1ccnc2cc(C(F)(F)F)ccc12. The number of aromatic nitrogens is 1. The Morgan fingerprint density at radius 3 is 2.27 bits per heavy atom. The Hall–Kier alpha value is -4.07. The zero-order valence-electron chi connectivity index (χ0n) is 22.4. The van der Waals surface area contributed by atoms with Gasteiger partial charge in [-0.05, 0) is 36.6 Å².